The molecule has 0 N–H and O–H groups in total. The van der Waals surface area contributed by atoms with Crippen molar-refractivity contribution in [1.82, 2.24) is 4.57 Å². The van der Waals surface area contributed by atoms with Gasteiger partial charge in [-0.2, -0.15) is 0 Å². The third kappa shape index (κ3) is 4.01. The highest BCUT2D eigenvalue weighted by molar-refractivity contribution is 8.40. The standard InChI is InChI=1S/C50H40N2S/c1-2-10-34(11-3-1)35-20-24-39(25-21-35)51(40-26-22-38(23-27-40)50-32-44-30-43-31-45(33-50)53(43,44)50)41-14-8-12-36(28-41)37-13-9-15-42(29-37)52-48-18-6-4-16-46(48)47-17-5-7-19-49(47)52/h1-29,43-45H,30-33H2/t43?,44-,45-,50?/m0/s1. The van der Waals surface area contributed by atoms with Crippen LogP contribution in [0.4, 0.5) is 17.1 Å². The molecule has 0 saturated carbocycles. The van der Waals surface area contributed by atoms with Crippen molar-refractivity contribution in [1.29, 1.82) is 0 Å². The van der Waals surface area contributed by atoms with Crippen LogP contribution in [0, 0.1) is 0 Å². The molecule has 4 fully saturated rings. The van der Waals surface area contributed by atoms with Gasteiger partial charge in [-0.15, -0.1) is 0 Å². The summed E-state index contributed by atoms with van der Waals surface area (Å²) in [6, 6.07) is 65.2. The second-order valence-corrected chi connectivity index (χ2v) is 20.1. The SMILES string of the molecule is c1ccc(-c2ccc(N(c3ccc(C45C[C@@H]6CC7C[C@@H](C4)S765)cc3)c3cccc(-c4cccc(-n5c6ccccc6c6ccccc65)c4)c3)cc2)cc1. The molecule has 4 saturated heterocycles. The molecule has 5 heterocycles. The van der Waals surface area contributed by atoms with Crippen molar-refractivity contribution in [2.24, 2.45) is 0 Å². The minimum absolute atomic E-state index is 0.339. The Morgan fingerprint density at radius 3 is 1.64 bits per heavy atom. The van der Waals surface area contributed by atoms with Crippen LogP contribution in [0.1, 0.15) is 31.2 Å². The molecular weight excluding hydrogens is 661 g/mol. The van der Waals surface area contributed by atoms with E-state index in [0.717, 1.165) is 21.4 Å². The minimum atomic E-state index is -0.339. The summed E-state index contributed by atoms with van der Waals surface area (Å²) >= 11 is 0. The van der Waals surface area contributed by atoms with Gasteiger partial charge in [0.05, 0.1) is 11.0 Å². The zero-order valence-electron chi connectivity index (χ0n) is 29.6. The summed E-state index contributed by atoms with van der Waals surface area (Å²) in [6.07, 6.45) is 5.98. The maximum atomic E-state index is 2.50. The fourth-order valence-corrected chi connectivity index (χ4v) is 18.4. The maximum absolute atomic E-state index is 2.50. The number of fused-ring (bicyclic) bond motifs is 3. The molecule has 4 aliphatic heterocycles. The van der Waals surface area contributed by atoms with Gasteiger partial charge in [-0.1, -0.05) is 115 Å². The van der Waals surface area contributed by atoms with Crippen molar-refractivity contribution in [2.45, 2.75) is 46.2 Å². The molecule has 0 unspecified atom stereocenters. The number of aromatic nitrogens is 1. The van der Waals surface area contributed by atoms with Gasteiger partial charge in [0, 0.05) is 38.3 Å². The first-order valence-corrected chi connectivity index (χ1v) is 21.1. The van der Waals surface area contributed by atoms with Crippen LogP contribution in [0.5, 0.6) is 0 Å². The second kappa shape index (κ2) is 11.0. The molecule has 256 valence electrons. The highest BCUT2D eigenvalue weighted by Gasteiger charge is 2.84. The second-order valence-electron chi connectivity index (χ2n) is 15.8. The van der Waals surface area contributed by atoms with Gasteiger partial charge in [0.1, 0.15) is 0 Å². The van der Waals surface area contributed by atoms with E-state index in [4.69, 9.17) is 0 Å². The molecule has 0 bridgehead atoms. The van der Waals surface area contributed by atoms with Crippen LogP contribution in [-0.4, -0.2) is 20.3 Å². The summed E-state index contributed by atoms with van der Waals surface area (Å²) in [4.78, 5) is 2.45. The lowest BCUT2D eigenvalue weighted by Gasteiger charge is -2.95. The summed E-state index contributed by atoms with van der Waals surface area (Å²) in [5, 5.41) is 5.84. The minimum Gasteiger partial charge on any atom is -0.310 e. The number of benzene rings is 7. The lowest BCUT2D eigenvalue weighted by Crippen LogP contribution is -2.80. The van der Waals surface area contributed by atoms with Crippen LogP contribution in [-0.2, 0) is 4.75 Å². The number of anilines is 3. The Balaban J connectivity index is 0.944. The van der Waals surface area contributed by atoms with Crippen molar-refractivity contribution in [3.8, 4) is 27.9 Å². The molecule has 0 amide bonds. The molecule has 4 aliphatic rings. The topological polar surface area (TPSA) is 8.17 Å². The number of para-hydroxylation sites is 2. The third-order valence-corrected chi connectivity index (χ3v) is 19.8. The van der Waals surface area contributed by atoms with Gasteiger partial charge in [0.25, 0.3) is 0 Å². The van der Waals surface area contributed by atoms with Crippen LogP contribution in [0.2, 0.25) is 0 Å². The van der Waals surface area contributed by atoms with Gasteiger partial charge < -0.3 is 9.47 Å². The van der Waals surface area contributed by atoms with E-state index < -0.39 is 0 Å². The molecule has 2 atom stereocenters. The van der Waals surface area contributed by atoms with Crippen LogP contribution < -0.4 is 4.90 Å². The van der Waals surface area contributed by atoms with Crippen LogP contribution in [0.15, 0.2) is 176 Å². The van der Waals surface area contributed by atoms with Gasteiger partial charge in [-0.3, -0.25) is 0 Å². The molecular formula is C50H40N2S. The van der Waals surface area contributed by atoms with E-state index in [9.17, 15) is 0 Å². The average molecular weight is 701 g/mol. The summed E-state index contributed by atoms with van der Waals surface area (Å²) in [7, 11) is -0.339. The Morgan fingerprint density at radius 2 is 1.00 bits per heavy atom. The lowest BCUT2D eigenvalue weighted by molar-refractivity contribution is 0.250. The Labute approximate surface area is 312 Å². The zero-order valence-corrected chi connectivity index (χ0v) is 30.4. The quantitative estimate of drug-likeness (QED) is 0.161. The fraction of sp³-hybridized carbons (Fsp3) is 0.160. The molecule has 1 aromatic heterocycles. The van der Waals surface area contributed by atoms with Gasteiger partial charge in [-0.25, -0.2) is 10.0 Å². The Bertz CT molecular complexity index is 2630. The van der Waals surface area contributed by atoms with E-state index in [0.29, 0.717) is 4.75 Å². The van der Waals surface area contributed by atoms with E-state index in [1.807, 2.05) is 0 Å². The van der Waals surface area contributed by atoms with Gasteiger partial charge in [0.15, 0.2) is 0 Å². The van der Waals surface area contributed by atoms with Crippen molar-refractivity contribution >= 4 is 48.9 Å². The molecule has 12 rings (SSSR count). The number of hydrogen-bond donors (Lipinski definition) is 0. The number of rotatable bonds is 7. The Hall–Kier alpha value is -5.51. The monoisotopic (exact) mass is 700 g/mol. The van der Waals surface area contributed by atoms with Crippen molar-refractivity contribution < 1.29 is 0 Å². The van der Waals surface area contributed by atoms with Crippen LogP contribution in [0.25, 0.3) is 49.7 Å². The highest BCUT2D eigenvalue weighted by Crippen LogP contribution is 3.03. The summed E-state index contributed by atoms with van der Waals surface area (Å²) < 4.78 is 2.95. The molecule has 53 heavy (non-hydrogen) atoms. The van der Waals surface area contributed by atoms with Crippen LogP contribution >= 0.6 is 10.0 Å². The van der Waals surface area contributed by atoms with E-state index in [1.165, 1.54) is 86.8 Å². The van der Waals surface area contributed by atoms with Gasteiger partial charge in [0.2, 0.25) is 0 Å². The molecule has 8 aromatic rings. The molecule has 0 aliphatic carbocycles. The van der Waals surface area contributed by atoms with Gasteiger partial charge in [-0.05, 0) is 130 Å². The first-order valence-electron chi connectivity index (χ1n) is 19.3. The van der Waals surface area contributed by atoms with Crippen molar-refractivity contribution in [3.05, 3.63) is 181 Å². The first kappa shape index (κ1) is 30.0. The molecule has 7 aromatic carbocycles. The molecule has 2 nitrogen and oxygen atoms in total. The molecule has 1 spiro atoms. The Kier molecular flexibility index (Phi) is 6.23. The van der Waals surface area contributed by atoms with Crippen LogP contribution in [0.3, 0.4) is 0 Å². The summed E-state index contributed by atoms with van der Waals surface area (Å²) in [6.45, 7) is 0. The number of nitrogens with zero attached hydrogens (tertiary/aromatic N) is 2. The largest absolute Gasteiger partial charge is 0.310 e. The first-order chi connectivity index (χ1) is 26.2. The highest BCUT2D eigenvalue weighted by atomic mass is 32.3. The Morgan fingerprint density at radius 1 is 0.453 bits per heavy atom. The predicted molar refractivity (Wildman–Crippen MR) is 225 cm³/mol. The lowest BCUT2D eigenvalue weighted by atomic mass is 9.79. The third-order valence-electron chi connectivity index (χ3n) is 13.5. The van der Waals surface area contributed by atoms with Crippen molar-refractivity contribution in [2.75, 3.05) is 4.90 Å². The zero-order chi connectivity index (χ0) is 34.7. The molecule has 3 heteroatoms. The van der Waals surface area contributed by atoms with Crippen molar-refractivity contribution in [3.63, 3.8) is 0 Å². The molecule has 0 radical (unpaired) electrons. The van der Waals surface area contributed by atoms with E-state index in [-0.39, 0.29) is 10.0 Å². The summed E-state index contributed by atoms with van der Waals surface area (Å²) in [5.41, 5.74) is 13.7. The van der Waals surface area contributed by atoms with E-state index in [2.05, 4.69) is 185 Å². The predicted octanol–water partition coefficient (Wildman–Crippen LogP) is 13.3. The maximum Gasteiger partial charge on any atom is 0.0541 e. The van der Waals surface area contributed by atoms with E-state index in [1.54, 1.807) is 5.56 Å². The number of hydrogen-bond acceptors (Lipinski definition) is 1. The van der Waals surface area contributed by atoms with Gasteiger partial charge >= 0.3 is 0 Å². The summed E-state index contributed by atoms with van der Waals surface area (Å²) in [5.74, 6) is 0. The average Bonchev–Trinajstić information content (AvgIpc) is 3.53. The fourth-order valence-electron chi connectivity index (χ4n) is 11.3. The van der Waals surface area contributed by atoms with E-state index >= 15 is 0 Å². The normalized spacial score (nSPS) is 25.8. The smallest absolute Gasteiger partial charge is 0.0541 e.